The number of benzene rings is 1. The molecule has 0 bridgehead atoms. The number of anilines is 1. The van der Waals surface area contributed by atoms with E-state index in [-0.39, 0.29) is 4.90 Å². The lowest BCUT2D eigenvalue weighted by atomic mass is 10.3. The quantitative estimate of drug-likeness (QED) is 0.812. The van der Waals surface area contributed by atoms with Crippen molar-refractivity contribution in [1.82, 2.24) is 14.1 Å². The standard InChI is InChI=1S/C11H14N4O2S3/c1-3-13-20(16,17)8-4-5-9(12)10(6-8)18-11-14-7(2)15-19-11/h4-6,13H,3,12H2,1-2H3. The van der Waals surface area contributed by atoms with Crippen LogP contribution in [0.1, 0.15) is 12.7 Å². The van der Waals surface area contributed by atoms with Gasteiger partial charge in [-0.05, 0) is 36.7 Å². The van der Waals surface area contributed by atoms with E-state index in [0.29, 0.717) is 23.0 Å². The van der Waals surface area contributed by atoms with Crippen molar-refractivity contribution in [3.8, 4) is 0 Å². The first-order chi connectivity index (χ1) is 9.42. The summed E-state index contributed by atoms with van der Waals surface area (Å²) in [7, 11) is -3.49. The van der Waals surface area contributed by atoms with Crippen molar-refractivity contribution in [2.75, 3.05) is 12.3 Å². The normalized spacial score (nSPS) is 11.7. The number of sulfonamides is 1. The van der Waals surface area contributed by atoms with Gasteiger partial charge in [0.1, 0.15) is 5.82 Å². The second kappa shape index (κ2) is 6.08. The smallest absolute Gasteiger partial charge is 0.240 e. The van der Waals surface area contributed by atoms with Gasteiger partial charge in [0.25, 0.3) is 0 Å². The molecule has 1 aromatic heterocycles. The molecular weight excluding hydrogens is 316 g/mol. The first-order valence-electron chi connectivity index (χ1n) is 5.79. The van der Waals surface area contributed by atoms with E-state index < -0.39 is 10.0 Å². The Kier molecular flexibility index (Phi) is 4.63. The third-order valence-corrected chi connectivity index (χ3v) is 5.80. The molecule has 0 saturated heterocycles. The minimum absolute atomic E-state index is 0.192. The van der Waals surface area contributed by atoms with Crippen LogP contribution in [0.3, 0.4) is 0 Å². The van der Waals surface area contributed by atoms with Crippen molar-refractivity contribution >= 4 is 39.0 Å². The zero-order valence-electron chi connectivity index (χ0n) is 11.0. The molecule has 0 fully saturated rings. The summed E-state index contributed by atoms with van der Waals surface area (Å²) in [5, 5.41) is 0. The van der Waals surface area contributed by atoms with E-state index >= 15 is 0 Å². The van der Waals surface area contributed by atoms with E-state index in [9.17, 15) is 8.42 Å². The summed E-state index contributed by atoms with van der Waals surface area (Å²) >= 11 is 2.57. The van der Waals surface area contributed by atoms with Crippen LogP contribution in [0, 0.1) is 6.92 Å². The van der Waals surface area contributed by atoms with Crippen LogP contribution in [0.15, 0.2) is 32.3 Å². The molecule has 9 heteroatoms. The SMILES string of the molecule is CCNS(=O)(=O)c1ccc(N)c(Sc2nc(C)ns2)c1. The number of aryl methyl sites for hydroxylation is 1. The number of rotatable bonds is 5. The van der Waals surface area contributed by atoms with Gasteiger partial charge in [-0.3, -0.25) is 0 Å². The lowest BCUT2D eigenvalue weighted by Gasteiger charge is -2.08. The summed E-state index contributed by atoms with van der Waals surface area (Å²) in [4.78, 5) is 5.07. The Labute approximate surface area is 126 Å². The summed E-state index contributed by atoms with van der Waals surface area (Å²) in [5.74, 6) is 0.687. The first-order valence-corrected chi connectivity index (χ1v) is 8.87. The second-order valence-corrected chi connectivity index (χ2v) is 7.72. The number of nitrogens with one attached hydrogen (secondary N) is 1. The van der Waals surface area contributed by atoms with Crippen LogP contribution >= 0.6 is 23.3 Å². The molecule has 0 amide bonds. The van der Waals surface area contributed by atoms with Crippen molar-refractivity contribution in [3.05, 3.63) is 24.0 Å². The molecule has 6 nitrogen and oxygen atoms in total. The zero-order chi connectivity index (χ0) is 14.8. The Morgan fingerprint density at radius 1 is 1.45 bits per heavy atom. The van der Waals surface area contributed by atoms with Gasteiger partial charge in [0.2, 0.25) is 10.0 Å². The minimum atomic E-state index is -3.49. The molecule has 2 aromatic rings. The van der Waals surface area contributed by atoms with Gasteiger partial charge in [-0.15, -0.1) is 0 Å². The lowest BCUT2D eigenvalue weighted by Crippen LogP contribution is -2.23. The molecule has 0 radical (unpaired) electrons. The Hall–Kier alpha value is -1.16. The predicted octanol–water partition coefficient (Wildman–Crippen LogP) is 1.88. The predicted molar refractivity (Wildman–Crippen MR) is 80.5 cm³/mol. The van der Waals surface area contributed by atoms with E-state index in [4.69, 9.17) is 5.73 Å². The fraction of sp³-hybridized carbons (Fsp3) is 0.273. The Morgan fingerprint density at radius 3 is 2.80 bits per heavy atom. The van der Waals surface area contributed by atoms with Gasteiger partial charge in [0, 0.05) is 17.1 Å². The second-order valence-electron chi connectivity index (χ2n) is 3.91. The van der Waals surface area contributed by atoms with Gasteiger partial charge in [-0.2, -0.15) is 4.37 Å². The molecule has 108 valence electrons. The lowest BCUT2D eigenvalue weighted by molar-refractivity contribution is 0.583. The van der Waals surface area contributed by atoms with Crippen LogP contribution in [0.4, 0.5) is 5.69 Å². The molecule has 1 heterocycles. The van der Waals surface area contributed by atoms with E-state index in [0.717, 1.165) is 4.34 Å². The first kappa shape index (κ1) is 15.2. The van der Waals surface area contributed by atoms with E-state index in [1.54, 1.807) is 26.0 Å². The monoisotopic (exact) mass is 330 g/mol. The molecule has 0 aliphatic carbocycles. The highest BCUT2D eigenvalue weighted by Gasteiger charge is 2.15. The Morgan fingerprint density at radius 2 is 2.20 bits per heavy atom. The maximum atomic E-state index is 12.0. The summed E-state index contributed by atoms with van der Waals surface area (Å²) in [6.07, 6.45) is 0. The molecule has 0 aliphatic heterocycles. The third kappa shape index (κ3) is 3.48. The van der Waals surface area contributed by atoms with E-state index in [2.05, 4.69) is 14.1 Å². The molecule has 0 saturated carbocycles. The molecule has 0 unspecified atom stereocenters. The van der Waals surface area contributed by atoms with Crippen molar-refractivity contribution in [3.63, 3.8) is 0 Å². The molecule has 1 aromatic carbocycles. The highest BCUT2D eigenvalue weighted by molar-refractivity contribution is 8.01. The van der Waals surface area contributed by atoms with Crippen LogP contribution in [-0.2, 0) is 10.0 Å². The van der Waals surface area contributed by atoms with Crippen molar-refractivity contribution in [1.29, 1.82) is 0 Å². The fourth-order valence-corrected chi connectivity index (χ4v) is 4.29. The molecule has 0 atom stereocenters. The number of hydrogen-bond donors (Lipinski definition) is 2. The minimum Gasteiger partial charge on any atom is -0.398 e. The summed E-state index contributed by atoms with van der Waals surface area (Å²) < 4.78 is 31.2. The summed E-state index contributed by atoms with van der Waals surface area (Å²) in [6.45, 7) is 3.87. The average molecular weight is 330 g/mol. The topological polar surface area (TPSA) is 98.0 Å². The number of nitrogen functional groups attached to an aromatic ring is 1. The third-order valence-electron chi connectivity index (χ3n) is 2.34. The fourth-order valence-electron chi connectivity index (χ4n) is 1.46. The maximum absolute atomic E-state index is 12.0. The maximum Gasteiger partial charge on any atom is 0.240 e. The van der Waals surface area contributed by atoms with Crippen LogP contribution in [-0.4, -0.2) is 24.3 Å². The highest BCUT2D eigenvalue weighted by Crippen LogP contribution is 2.34. The highest BCUT2D eigenvalue weighted by atomic mass is 32.2. The van der Waals surface area contributed by atoms with Gasteiger partial charge in [0.15, 0.2) is 4.34 Å². The number of nitrogens with zero attached hydrogens (tertiary/aromatic N) is 2. The van der Waals surface area contributed by atoms with Gasteiger partial charge < -0.3 is 5.73 Å². The van der Waals surface area contributed by atoms with Gasteiger partial charge in [-0.25, -0.2) is 18.1 Å². The van der Waals surface area contributed by atoms with Crippen molar-refractivity contribution in [2.24, 2.45) is 0 Å². The molecule has 0 spiro atoms. The Balaban J connectivity index is 2.34. The molecule has 2 rings (SSSR count). The van der Waals surface area contributed by atoms with Crippen LogP contribution in [0.5, 0.6) is 0 Å². The van der Waals surface area contributed by atoms with Crippen LogP contribution in [0.25, 0.3) is 0 Å². The molecular formula is C11H14N4O2S3. The molecule has 0 aliphatic rings. The zero-order valence-corrected chi connectivity index (χ0v) is 13.4. The van der Waals surface area contributed by atoms with Crippen LogP contribution in [0.2, 0.25) is 0 Å². The largest absolute Gasteiger partial charge is 0.398 e. The van der Waals surface area contributed by atoms with Crippen LogP contribution < -0.4 is 10.5 Å². The molecule has 20 heavy (non-hydrogen) atoms. The summed E-state index contributed by atoms with van der Waals surface area (Å²) in [6, 6.07) is 4.62. The van der Waals surface area contributed by atoms with E-state index in [1.165, 1.54) is 29.4 Å². The van der Waals surface area contributed by atoms with Gasteiger partial charge in [-0.1, -0.05) is 18.7 Å². The van der Waals surface area contributed by atoms with E-state index in [1.807, 2.05) is 0 Å². The van der Waals surface area contributed by atoms with Gasteiger partial charge in [0.05, 0.1) is 4.90 Å². The van der Waals surface area contributed by atoms with Crippen molar-refractivity contribution in [2.45, 2.75) is 28.0 Å². The van der Waals surface area contributed by atoms with Gasteiger partial charge >= 0.3 is 0 Å². The number of hydrogen-bond acceptors (Lipinski definition) is 7. The number of aromatic nitrogens is 2. The number of nitrogens with two attached hydrogens (primary N) is 1. The average Bonchev–Trinajstić information content (AvgIpc) is 2.77. The summed E-state index contributed by atoms with van der Waals surface area (Å²) in [5.41, 5.74) is 6.39. The Bertz CT molecular complexity index is 712. The van der Waals surface area contributed by atoms with Crippen molar-refractivity contribution < 1.29 is 8.42 Å². The molecule has 3 N–H and O–H groups in total.